The van der Waals surface area contributed by atoms with E-state index in [2.05, 4.69) is 120 Å². The number of hydrogen-bond acceptors (Lipinski definition) is 3. The molecule has 0 spiro atoms. The lowest BCUT2D eigenvalue weighted by Crippen LogP contribution is -1.94. The van der Waals surface area contributed by atoms with Crippen LogP contribution >= 0.6 is 0 Å². The van der Waals surface area contributed by atoms with Crippen LogP contribution in [-0.4, -0.2) is 15.0 Å². The molecule has 0 atom stereocenters. The maximum atomic E-state index is 4.74. The fraction of sp³-hybridized carbons (Fsp3) is 0. The smallest absolute Gasteiger partial charge is 0.178 e. The van der Waals surface area contributed by atoms with Gasteiger partial charge in [0.1, 0.15) is 5.69 Å². The molecule has 204 valence electrons. The molecule has 0 unspecified atom stereocenters. The fourth-order valence-corrected chi connectivity index (χ4v) is 6.81. The van der Waals surface area contributed by atoms with E-state index in [0.717, 1.165) is 16.8 Å². The highest BCUT2D eigenvalue weighted by Crippen LogP contribution is 2.45. The topological polar surface area (TPSA) is 38.7 Å². The molecule has 9 rings (SSSR count). The van der Waals surface area contributed by atoms with Crippen molar-refractivity contribution >= 4 is 53.9 Å². The summed E-state index contributed by atoms with van der Waals surface area (Å²) in [4.78, 5) is 13.9. The minimum atomic E-state index is 0.621. The summed E-state index contributed by atoms with van der Waals surface area (Å²) < 4.78 is 0. The van der Waals surface area contributed by atoms with Gasteiger partial charge in [0.25, 0.3) is 0 Å². The predicted molar refractivity (Wildman–Crippen MR) is 184 cm³/mol. The lowest BCUT2D eigenvalue weighted by atomic mass is 9.84. The first-order chi connectivity index (χ1) is 21.8. The Labute approximate surface area is 254 Å². The van der Waals surface area contributed by atoms with Gasteiger partial charge in [-0.3, -0.25) is 4.98 Å². The van der Waals surface area contributed by atoms with Gasteiger partial charge in [-0.2, -0.15) is 0 Å². The lowest BCUT2D eigenvalue weighted by molar-refractivity contribution is 1.14. The van der Waals surface area contributed by atoms with Gasteiger partial charge in [-0.25, -0.2) is 9.97 Å². The van der Waals surface area contributed by atoms with E-state index in [1.165, 1.54) is 65.0 Å². The van der Waals surface area contributed by atoms with Crippen molar-refractivity contribution in [3.63, 3.8) is 0 Å². The Kier molecular flexibility index (Phi) is 5.50. The number of aromatic nitrogens is 3. The first-order valence-corrected chi connectivity index (χ1v) is 14.9. The van der Waals surface area contributed by atoms with E-state index < -0.39 is 0 Å². The number of nitrogens with zero attached hydrogens (tertiary/aromatic N) is 3. The highest BCUT2D eigenvalue weighted by molar-refractivity contribution is 6.25. The third kappa shape index (κ3) is 3.80. The van der Waals surface area contributed by atoms with Gasteiger partial charge < -0.3 is 0 Å². The van der Waals surface area contributed by atoms with Crippen molar-refractivity contribution in [2.24, 2.45) is 0 Å². The van der Waals surface area contributed by atoms with E-state index in [1.54, 1.807) is 6.20 Å². The largest absolute Gasteiger partial charge is 0.253 e. The molecule has 0 radical (unpaired) electrons. The molecule has 3 nitrogen and oxygen atoms in total. The van der Waals surface area contributed by atoms with Crippen molar-refractivity contribution in [2.75, 3.05) is 0 Å². The summed E-state index contributed by atoms with van der Waals surface area (Å²) in [6.45, 7) is 0. The second-order valence-electron chi connectivity index (χ2n) is 11.2. The fourth-order valence-electron chi connectivity index (χ4n) is 6.81. The first-order valence-electron chi connectivity index (χ1n) is 14.9. The van der Waals surface area contributed by atoms with Gasteiger partial charge in [-0.05, 0) is 89.3 Å². The molecule has 3 heteroatoms. The quantitative estimate of drug-likeness (QED) is 0.160. The van der Waals surface area contributed by atoms with E-state index in [1.807, 2.05) is 30.6 Å². The maximum Gasteiger partial charge on any atom is 0.178 e. The van der Waals surface area contributed by atoms with Crippen LogP contribution in [0.1, 0.15) is 0 Å². The molecule has 0 aliphatic rings. The van der Waals surface area contributed by atoms with Crippen molar-refractivity contribution in [1.82, 2.24) is 15.0 Å². The number of fused-ring (bicyclic) bond motifs is 6. The van der Waals surface area contributed by atoms with E-state index in [4.69, 9.17) is 9.97 Å². The van der Waals surface area contributed by atoms with Crippen molar-refractivity contribution in [1.29, 1.82) is 0 Å². The van der Waals surface area contributed by atoms with Crippen LogP contribution < -0.4 is 0 Å². The Bertz CT molecular complexity index is 2480. The molecule has 7 aromatic carbocycles. The zero-order valence-electron chi connectivity index (χ0n) is 23.8. The predicted octanol–water partition coefficient (Wildman–Crippen LogP) is 10.6. The molecular weight excluding hydrogens is 534 g/mol. The van der Waals surface area contributed by atoms with E-state index in [-0.39, 0.29) is 0 Å². The van der Waals surface area contributed by atoms with Crippen LogP contribution in [0.4, 0.5) is 0 Å². The van der Waals surface area contributed by atoms with Crippen LogP contribution in [0.3, 0.4) is 0 Å². The second-order valence-corrected chi connectivity index (χ2v) is 11.2. The molecule has 44 heavy (non-hydrogen) atoms. The van der Waals surface area contributed by atoms with Gasteiger partial charge >= 0.3 is 0 Å². The summed E-state index contributed by atoms with van der Waals surface area (Å²) >= 11 is 0. The summed E-state index contributed by atoms with van der Waals surface area (Å²) in [6, 6.07) is 47.8. The molecule has 0 amide bonds. The van der Waals surface area contributed by atoms with Gasteiger partial charge in [-0.1, -0.05) is 109 Å². The molecular formula is C41H25N3. The Balaban J connectivity index is 1.32. The highest BCUT2D eigenvalue weighted by atomic mass is 14.9. The molecule has 0 bridgehead atoms. The number of hydrogen-bond donors (Lipinski definition) is 0. The zero-order valence-corrected chi connectivity index (χ0v) is 23.8. The monoisotopic (exact) mass is 559 g/mol. The van der Waals surface area contributed by atoms with Crippen molar-refractivity contribution in [3.05, 3.63) is 152 Å². The van der Waals surface area contributed by atoms with Gasteiger partial charge in [0.2, 0.25) is 0 Å². The Morgan fingerprint density at radius 3 is 1.66 bits per heavy atom. The second kappa shape index (κ2) is 9.82. The van der Waals surface area contributed by atoms with Gasteiger partial charge in [0.15, 0.2) is 5.82 Å². The minimum Gasteiger partial charge on any atom is -0.253 e. The third-order valence-corrected chi connectivity index (χ3v) is 8.78. The standard InChI is InChI=1S/C41H25N3/c1-2-11-27-23-37-28(22-26(27)10-1)19-20-31-30(37)16-9-17-32(31)40-35-14-5-3-12-33(35)39(34-13-4-6-15-36(34)40)29-24-43-41(44-25-29)38-18-7-8-21-42-38/h1-25H. The summed E-state index contributed by atoms with van der Waals surface area (Å²) in [5.41, 5.74) is 5.37. The van der Waals surface area contributed by atoms with Crippen LogP contribution in [0.5, 0.6) is 0 Å². The number of rotatable bonds is 3. The highest BCUT2D eigenvalue weighted by Gasteiger charge is 2.19. The van der Waals surface area contributed by atoms with E-state index in [0.29, 0.717) is 5.82 Å². The Morgan fingerprint density at radius 1 is 0.364 bits per heavy atom. The zero-order chi connectivity index (χ0) is 29.0. The lowest BCUT2D eigenvalue weighted by Gasteiger charge is -2.19. The molecule has 2 aromatic heterocycles. The van der Waals surface area contributed by atoms with Crippen LogP contribution in [-0.2, 0) is 0 Å². The molecule has 0 saturated heterocycles. The van der Waals surface area contributed by atoms with Crippen LogP contribution in [0, 0.1) is 0 Å². The normalized spacial score (nSPS) is 11.6. The molecule has 0 aliphatic carbocycles. The minimum absolute atomic E-state index is 0.621. The van der Waals surface area contributed by atoms with E-state index in [9.17, 15) is 0 Å². The SMILES string of the molecule is c1ccc(-c2ncc(-c3c4ccccc4c(-c4cccc5c4ccc4cc6ccccc6cc45)c4ccccc34)cn2)nc1. The number of pyridine rings is 1. The molecule has 0 aliphatic heterocycles. The number of benzene rings is 7. The summed E-state index contributed by atoms with van der Waals surface area (Å²) in [5, 5.41) is 12.4. The van der Waals surface area contributed by atoms with Gasteiger partial charge in [-0.15, -0.1) is 0 Å². The molecule has 9 aromatic rings. The Morgan fingerprint density at radius 2 is 0.977 bits per heavy atom. The molecule has 0 fully saturated rings. The molecule has 2 heterocycles. The van der Waals surface area contributed by atoms with Gasteiger partial charge in [0, 0.05) is 29.7 Å². The average molecular weight is 560 g/mol. The average Bonchev–Trinajstić information content (AvgIpc) is 3.10. The van der Waals surface area contributed by atoms with Crippen molar-refractivity contribution in [2.45, 2.75) is 0 Å². The van der Waals surface area contributed by atoms with Crippen LogP contribution in [0.15, 0.2) is 152 Å². The third-order valence-electron chi connectivity index (χ3n) is 8.78. The Hall–Kier alpha value is -5.93. The van der Waals surface area contributed by atoms with Crippen LogP contribution in [0.2, 0.25) is 0 Å². The summed E-state index contributed by atoms with van der Waals surface area (Å²) in [7, 11) is 0. The molecule has 0 N–H and O–H groups in total. The van der Waals surface area contributed by atoms with Crippen molar-refractivity contribution in [3.8, 4) is 33.8 Å². The van der Waals surface area contributed by atoms with Crippen LogP contribution in [0.25, 0.3) is 87.6 Å². The molecule has 0 saturated carbocycles. The van der Waals surface area contributed by atoms with E-state index >= 15 is 0 Å². The maximum absolute atomic E-state index is 4.74. The first kappa shape index (κ1) is 24.6. The van der Waals surface area contributed by atoms with Crippen molar-refractivity contribution < 1.29 is 0 Å². The van der Waals surface area contributed by atoms with Gasteiger partial charge in [0.05, 0.1) is 0 Å². The summed E-state index contributed by atoms with van der Waals surface area (Å²) in [5.74, 6) is 0.621. The summed E-state index contributed by atoms with van der Waals surface area (Å²) in [6.07, 6.45) is 5.63.